The zero-order chi connectivity index (χ0) is 17.2. The number of carbonyl (C=O) groups excluding carboxylic acids is 1. The molecule has 1 saturated heterocycles. The van der Waals surface area contributed by atoms with Gasteiger partial charge in [-0.25, -0.2) is 0 Å². The van der Waals surface area contributed by atoms with E-state index in [4.69, 9.17) is 9.47 Å². The van der Waals surface area contributed by atoms with E-state index in [2.05, 4.69) is 17.1 Å². The first-order valence-electron chi connectivity index (χ1n) is 8.99. The lowest BCUT2D eigenvalue weighted by Gasteiger charge is -2.34. The smallest absolute Gasteiger partial charge is 0.254 e. The summed E-state index contributed by atoms with van der Waals surface area (Å²) < 4.78 is 10.7. The standard InChI is InChI=1S/C19H30N2O3.ClH/c1-3-13-21(17-9-11-20-12-10-17)19(22)16-5-7-18(8-6-16)24-15-4-14-23-2;/h5-8,17,20H,3-4,9-15H2,1-2H3;1H. The van der Waals surface area contributed by atoms with Crippen LogP contribution in [0.3, 0.4) is 0 Å². The molecule has 142 valence electrons. The molecular formula is C19H31ClN2O3. The van der Waals surface area contributed by atoms with Crippen molar-refractivity contribution in [2.45, 2.75) is 38.6 Å². The van der Waals surface area contributed by atoms with Crippen LogP contribution in [0.25, 0.3) is 0 Å². The molecule has 5 nitrogen and oxygen atoms in total. The number of nitrogens with zero attached hydrogens (tertiary/aromatic N) is 1. The third kappa shape index (κ3) is 6.84. The lowest BCUT2D eigenvalue weighted by atomic mass is 10.0. The van der Waals surface area contributed by atoms with Crippen LogP contribution in [0.5, 0.6) is 5.75 Å². The monoisotopic (exact) mass is 370 g/mol. The van der Waals surface area contributed by atoms with Gasteiger partial charge in [-0.15, -0.1) is 12.4 Å². The van der Waals surface area contributed by atoms with E-state index in [1.54, 1.807) is 7.11 Å². The molecule has 0 spiro atoms. The quantitative estimate of drug-likeness (QED) is 0.678. The van der Waals surface area contributed by atoms with Gasteiger partial charge in [-0.05, 0) is 56.6 Å². The molecule has 1 aromatic carbocycles. The van der Waals surface area contributed by atoms with Gasteiger partial charge in [0.25, 0.3) is 5.91 Å². The van der Waals surface area contributed by atoms with Crippen molar-refractivity contribution in [3.8, 4) is 5.75 Å². The summed E-state index contributed by atoms with van der Waals surface area (Å²) >= 11 is 0. The molecule has 1 aliphatic rings. The summed E-state index contributed by atoms with van der Waals surface area (Å²) in [5, 5.41) is 3.36. The predicted octanol–water partition coefficient (Wildman–Crippen LogP) is 3.13. The number of carbonyl (C=O) groups is 1. The summed E-state index contributed by atoms with van der Waals surface area (Å²) in [6, 6.07) is 7.86. The number of hydrogen-bond acceptors (Lipinski definition) is 4. The minimum atomic E-state index is 0. The second kappa shape index (κ2) is 12.1. The summed E-state index contributed by atoms with van der Waals surface area (Å²) in [4.78, 5) is 14.9. The maximum atomic E-state index is 12.9. The normalized spacial score (nSPS) is 14.6. The van der Waals surface area contributed by atoms with E-state index in [-0.39, 0.29) is 18.3 Å². The Balaban J connectivity index is 0.00000312. The molecule has 1 heterocycles. The number of halogens is 1. The molecule has 0 aromatic heterocycles. The second-order valence-electron chi connectivity index (χ2n) is 6.20. The highest BCUT2D eigenvalue weighted by atomic mass is 35.5. The molecule has 0 saturated carbocycles. The third-order valence-corrected chi connectivity index (χ3v) is 4.34. The van der Waals surface area contributed by atoms with E-state index in [1.165, 1.54) is 0 Å². The van der Waals surface area contributed by atoms with Crippen molar-refractivity contribution in [1.29, 1.82) is 0 Å². The van der Waals surface area contributed by atoms with Gasteiger partial charge >= 0.3 is 0 Å². The van der Waals surface area contributed by atoms with Crippen molar-refractivity contribution in [2.75, 3.05) is 40.0 Å². The van der Waals surface area contributed by atoms with Crippen LogP contribution in [0.4, 0.5) is 0 Å². The molecule has 1 amide bonds. The Hall–Kier alpha value is -1.30. The van der Waals surface area contributed by atoms with E-state index in [9.17, 15) is 4.79 Å². The summed E-state index contributed by atoms with van der Waals surface area (Å²) in [6.45, 7) is 6.24. The topological polar surface area (TPSA) is 50.8 Å². The second-order valence-corrected chi connectivity index (χ2v) is 6.20. The first kappa shape index (κ1) is 21.7. The number of benzene rings is 1. The Morgan fingerprint density at radius 2 is 1.88 bits per heavy atom. The fraction of sp³-hybridized carbons (Fsp3) is 0.632. The first-order valence-corrected chi connectivity index (χ1v) is 8.99. The Bertz CT molecular complexity index is 490. The molecule has 25 heavy (non-hydrogen) atoms. The SMILES string of the molecule is CCCN(C(=O)c1ccc(OCCCOC)cc1)C1CCNCC1.Cl. The number of amides is 1. The number of ether oxygens (including phenoxy) is 2. The molecule has 2 rings (SSSR count). The van der Waals surface area contributed by atoms with Gasteiger partial charge in [0.2, 0.25) is 0 Å². The van der Waals surface area contributed by atoms with Crippen molar-refractivity contribution < 1.29 is 14.3 Å². The van der Waals surface area contributed by atoms with Crippen LogP contribution >= 0.6 is 12.4 Å². The van der Waals surface area contributed by atoms with Crippen LogP contribution in [0.1, 0.15) is 43.0 Å². The molecule has 0 bridgehead atoms. The van der Waals surface area contributed by atoms with E-state index in [0.29, 0.717) is 19.3 Å². The lowest BCUT2D eigenvalue weighted by molar-refractivity contribution is 0.0642. The summed E-state index contributed by atoms with van der Waals surface area (Å²) in [5.74, 6) is 0.932. The van der Waals surface area contributed by atoms with E-state index in [1.807, 2.05) is 24.3 Å². The molecule has 6 heteroatoms. The Morgan fingerprint density at radius 1 is 1.20 bits per heavy atom. The molecule has 0 radical (unpaired) electrons. The highest BCUT2D eigenvalue weighted by Gasteiger charge is 2.25. The van der Waals surface area contributed by atoms with Crippen molar-refractivity contribution in [2.24, 2.45) is 0 Å². The maximum absolute atomic E-state index is 12.9. The minimum absolute atomic E-state index is 0. The number of rotatable bonds is 9. The van der Waals surface area contributed by atoms with Crippen LogP contribution in [-0.2, 0) is 4.74 Å². The first-order chi connectivity index (χ1) is 11.8. The van der Waals surface area contributed by atoms with Crippen LogP contribution in [-0.4, -0.2) is 56.8 Å². The Labute approximate surface area is 157 Å². The highest BCUT2D eigenvalue weighted by molar-refractivity contribution is 5.94. The third-order valence-electron chi connectivity index (χ3n) is 4.34. The van der Waals surface area contributed by atoms with Crippen LogP contribution in [0, 0.1) is 0 Å². The summed E-state index contributed by atoms with van der Waals surface area (Å²) in [6.07, 6.45) is 3.91. The zero-order valence-corrected chi connectivity index (χ0v) is 16.1. The van der Waals surface area contributed by atoms with Gasteiger partial charge < -0.3 is 19.7 Å². The van der Waals surface area contributed by atoms with Gasteiger partial charge in [-0.1, -0.05) is 6.92 Å². The average Bonchev–Trinajstić information content (AvgIpc) is 2.64. The number of hydrogen-bond donors (Lipinski definition) is 1. The summed E-state index contributed by atoms with van der Waals surface area (Å²) in [7, 11) is 1.69. The fourth-order valence-electron chi connectivity index (χ4n) is 3.06. The zero-order valence-electron chi connectivity index (χ0n) is 15.3. The van der Waals surface area contributed by atoms with Gasteiger partial charge in [-0.2, -0.15) is 0 Å². The molecule has 1 aliphatic heterocycles. The van der Waals surface area contributed by atoms with E-state index in [0.717, 1.165) is 56.6 Å². The average molecular weight is 371 g/mol. The molecule has 0 unspecified atom stereocenters. The van der Waals surface area contributed by atoms with Crippen LogP contribution in [0.15, 0.2) is 24.3 Å². The summed E-state index contributed by atoms with van der Waals surface area (Å²) in [5.41, 5.74) is 0.742. The van der Waals surface area contributed by atoms with Crippen molar-refractivity contribution in [3.05, 3.63) is 29.8 Å². The molecule has 1 fully saturated rings. The van der Waals surface area contributed by atoms with E-state index >= 15 is 0 Å². The molecule has 1 aromatic rings. The highest BCUT2D eigenvalue weighted by Crippen LogP contribution is 2.19. The van der Waals surface area contributed by atoms with Gasteiger partial charge in [0.05, 0.1) is 6.61 Å². The predicted molar refractivity (Wildman–Crippen MR) is 103 cm³/mol. The van der Waals surface area contributed by atoms with Crippen molar-refractivity contribution in [3.63, 3.8) is 0 Å². The Kier molecular flexibility index (Phi) is 10.5. The van der Waals surface area contributed by atoms with Crippen molar-refractivity contribution >= 4 is 18.3 Å². The van der Waals surface area contributed by atoms with Gasteiger partial charge in [0.15, 0.2) is 0 Å². The molecule has 1 N–H and O–H groups in total. The van der Waals surface area contributed by atoms with Crippen molar-refractivity contribution in [1.82, 2.24) is 10.2 Å². The van der Waals surface area contributed by atoms with Gasteiger partial charge in [-0.3, -0.25) is 4.79 Å². The lowest BCUT2D eigenvalue weighted by Crippen LogP contribution is -2.46. The maximum Gasteiger partial charge on any atom is 0.254 e. The molecule has 0 atom stereocenters. The largest absolute Gasteiger partial charge is 0.494 e. The molecular weight excluding hydrogens is 340 g/mol. The minimum Gasteiger partial charge on any atom is -0.494 e. The molecule has 0 aliphatic carbocycles. The number of piperidine rings is 1. The van der Waals surface area contributed by atoms with E-state index < -0.39 is 0 Å². The number of methoxy groups -OCH3 is 1. The van der Waals surface area contributed by atoms with Crippen LogP contribution in [0.2, 0.25) is 0 Å². The Morgan fingerprint density at radius 3 is 2.48 bits per heavy atom. The number of nitrogens with one attached hydrogen (secondary N) is 1. The van der Waals surface area contributed by atoms with Gasteiger partial charge in [0.1, 0.15) is 5.75 Å². The van der Waals surface area contributed by atoms with Crippen LogP contribution < -0.4 is 10.1 Å². The fourth-order valence-corrected chi connectivity index (χ4v) is 3.06. The van der Waals surface area contributed by atoms with Gasteiger partial charge in [0, 0.05) is 38.3 Å².